The van der Waals surface area contributed by atoms with Crippen LogP contribution in [-0.2, 0) is 18.6 Å². The Balaban J connectivity index is 1.33. The molecule has 3 heterocycles. The fraction of sp³-hybridized carbons (Fsp3) is 0.292. The van der Waals surface area contributed by atoms with Gasteiger partial charge in [0.15, 0.2) is 0 Å². The molecule has 10 heteroatoms. The zero-order valence-corrected chi connectivity index (χ0v) is 18.0. The zero-order valence-electron chi connectivity index (χ0n) is 18.0. The van der Waals surface area contributed by atoms with E-state index in [-0.39, 0.29) is 22.7 Å². The van der Waals surface area contributed by atoms with Crippen LogP contribution in [0, 0.1) is 11.7 Å². The third-order valence-electron chi connectivity index (χ3n) is 7.25. The minimum atomic E-state index is -4.40. The van der Waals surface area contributed by atoms with Crippen molar-refractivity contribution in [2.24, 2.45) is 13.0 Å². The van der Waals surface area contributed by atoms with E-state index in [2.05, 4.69) is 10.1 Å². The van der Waals surface area contributed by atoms with Gasteiger partial charge in [0.25, 0.3) is 5.91 Å². The number of likely N-dealkylation sites (tertiary alicyclic amines) is 1. The van der Waals surface area contributed by atoms with Crippen LogP contribution in [0.4, 0.5) is 23.4 Å². The molecule has 6 nitrogen and oxygen atoms in total. The van der Waals surface area contributed by atoms with Gasteiger partial charge >= 0.3 is 6.18 Å². The predicted octanol–water partition coefficient (Wildman–Crippen LogP) is 4.28. The predicted molar refractivity (Wildman–Crippen MR) is 118 cm³/mol. The van der Waals surface area contributed by atoms with Crippen molar-refractivity contribution in [2.45, 2.75) is 18.0 Å². The first-order valence-corrected chi connectivity index (χ1v) is 10.8. The molecular weight excluding hydrogens is 450 g/mol. The van der Waals surface area contributed by atoms with Crippen LogP contribution in [0.25, 0.3) is 21.8 Å². The summed E-state index contributed by atoms with van der Waals surface area (Å²) in [5, 5.41) is 5.38. The van der Waals surface area contributed by atoms with Gasteiger partial charge in [0.2, 0.25) is 0 Å². The smallest absolute Gasteiger partial charge is 0.383 e. The van der Waals surface area contributed by atoms with Gasteiger partial charge in [-0.25, -0.2) is 9.37 Å². The largest absolute Gasteiger partial charge is 0.416 e. The number of aromatic nitrogens is 3. The summed E-state index contributed by atoms with van der Waals surface area (Å²) < 4.78 is 55.4. The molecule has 2 aromatic carbocycles. The van der Waals surface area contributed by atoms with E-state index in [9.17, 15) is 18.0 Å². The van der Waals surface area contributed by atoms with Gasteiger partial charge in [-0.3, -0.25) is 9.48 Å². The number of carbonyl (C=O) groups is 1. The number of anilines is 1. The summed E-state index contributed by atoms with van der Waals surface area (Å²) >= 11 is 0. The van der Waals surface area contributed by atoms with Crippen molar-refractivity contribution in [1.29, 1.82) is 0 Å². The second kappa shape index (κ2) is 6.68. The number of benzene rings is 2. The Kier molecular flexibility index (Phi) is 4.10. The van der Waals surface area contributed by atoms with Gasteiger partial charge in [0.05, 0.1) is 33.7 Å². The first-order valence-electron chi connectivity index (χ1n) is 10.8. The Morgan fingerprint density at radius 2 is 1.91 bits per heavy atom. The average molecular weight is 469 g/mol. The van der Waals surface area contributed by atoms with Crippen molar-refractivity contribution in [1.82, 2.24) is 19.7 Å². The first kappa shape index (κ1) is 20.9. The number of rotatable bonds is 2. The molecule has 6 rings (SSSR count). The van der Waals surface area contributed by atoms with Crippen molar-refractivity contribution < 1.29 is 22.4 Å². The molecule has 0 bridgehead atoms. The molecule has 2 aliphatic rings. The summed E-state index contributed by atoms with van der Waals surface area (Å²) in [6.45, 7) is 0.763. The highest BCUT2D eigenvalue weighted by atomic mass is 19.4. The summed E-state index contributed by atoms with van der Waals surface area (Å²) in [5.41, 5.74) is 6.58. The number of halogens is 4. The van der Waals surface area contributed by atoms with E-state index >= 15 is 4.39 Å². The number of nitrogens with zero attached hydrogens (tertiary/aromatic N) is 4. The van der Waals surface area contributed by atoms with Crippen molar-refractivity contribution in [2.75, 3.05) is 18.8 Å². The van der Waals surface area contributed by atoms with Crippen LogP contribution in [0.15, 0.2) is 42.6 Å². The van der Waals surface area contributed by atoms with E-state index in [0.717, 1.165) is 24.1 Å². The second-order valence-corrected chi connectivity index (χ2v) is 9.19. The monoisotopic (exact) mass is 469 g/mol. The van der Waals surface area contributed by atoms with E-state index < -0.39 is 23.5 Å². The minimum absolute atomic E-state index is 0.0783. The van der Waals surface area contributed by atoms with Gasteiger partial charge in [-0.2, -0.15) is 18.3 Å². The van der Waals surface area contributed by atoms with Gasteiger partial charge < -0.3 is 10.6 Å². The van der Waals surface area contributed by atoms with Gasteiger partial charge in [0.1, 0.15) is 11.6 Å². The topological polar surface area (TPSA) is 77.0 Å². The number of pyridine rings is 1. The molecule has 0 unspecified atom stereocenters. The fourth-order valence-corrected chi connectivity index (χ4v) is 5.39. The van der Waals surface area contributed by atoms with E-state index in [1.807, 2.05) is 0 Å². The van der Waals surface area contributed by atoms with Gasteiger partial charge in [-0.05, 0) is 36.1 Å². The molecule has 2 N–H and O–H groups in total. The van der Waals surface area contributed by atoms with Crippen molar-refractivity contribution >= 4 is 33.5 Å². The Morgan fingerprint density at radius 1 is 1.18 bits per heavy atom. The van der Waals surface area contributed by atoms with Crippen molar-refractivity contribution in [3.63, 3.8) is 0 Å². The SMILES string of the molecule is Cn1ncc2c(N)nc3cc(F)c(C(=O)N4C[C@H]5C[C@@]5(c5ccc(C(F)(F)F)cc5)C4)cc3c21. The standard InChI is InChI=1S/C24H19F4N5O/c1-32-20-16-6-15(18(25)7-19(16)31-21(29)17(20)9-30-32)22(34)33-10-14-8-23(14,11-33)12-2-4-13(5-3-12)24(26,27)28/h2-7,9,14H,8,10-11H2,1H3,(H2,29,31)/t14-,23+/m1/s1. The number of alkyl halides is 3. The van der Waals surface area contributed by atoms with Crippen LogP contribution in [0.3, 0.4) is 0 Å². The van der Waals surface area contributed by atoms with Gasteiger partial charge in [0, 0.05) is 37.0 Å². The maximum Gasteiger partial charge on any atom is 0.416 e. The lowest BCUT2D eigenvalue weighted by Crippen LogP contribution is -2.33. The third kappa shape index (κ3) is 2.90. The molecule has 174 valence electrons. The molecule has 0 radical (unpaired) electrons. The average Bonchev–Trinajstić information content (AvgIpc) is 3.13. The van der Waals surface area contributed by atoms with E-state index in [1.165, 1.54) is 24.3 Å². The van der Waals surface area contributed by atoms with Crippen LogP contribution < -0.4 is 5.73 Å². The Hall–Kier alpha value is -3.69. The van der Waals surface area contributed by atoms with Gasteiger partial charge in [-0.15, -0.1) is 0 Å². The van der Waals surface area contributed by atoms with Crippen molar-refractivity contribution in [3.8, 4) is 0 Å². The maximum atomic E-state index is 15.0. The zero-order chi connectivity index (χ0) is 24.0. The first-order chi connectivity index (χ1) is 16.1. The number of aryl methyl sites for hydroxylation is 1. The summed E-state index contributed by atoms with van der Waals surface area (Å²) in [4.78, 5) is 19.2. The molecule has 2 fully saturated rings. The number of carbonyl (C=O) groups excluding carboxylic acids is 1. The number of nitrogens with two attached hydrogens (primary N) is 1. The number of amides is 1. The highest BCUT2D eigenvalue weighted by Crippen LogP contribution is 2.59. The molecule has 1 saturated carbocycles. The summed E-state index contributed by atoms with van der Waals surface area (Å²) in [7, 11) is 1.73. The van der Waals surface area contributed by atoms with E-state index in [0.29, 0.717) is 34.9 Å². The normalized spacial score (nSPS) is 21.9. The maximum absolute atomic E-state index is 15.0. The number of hydrogen-bond donors (Lipinski definition) is 1. The minimum Gasteiger partial charge on any atom is -0.383 e. The van der Waals surface area contributed by atoms with E-state index in [1.54, 1.807) is 22.8 Å². The third-order valence-corrected chi connectivity index (χ3v) is 7.25. The number of piperidine rings is 1. The molecule has 1 amide bonds. The van der Waals surface area contributed by atoms with Crippen LogP contribution in [0.2, 0.25) is 0 Å². The summed E-state index contributed by atoms with van der Waals surface area (Å²) in [6, 6.07) is 7.81. The molecule has 1 aliphatic carbocycles. The number of hydrogen-bond acceptors (Lipinski definition) is 4. The summed E-state index contributed by atoms with van der Waals surface area (Å²) in [5.74, 6) is -0.783. The van der Waals surface area contributed by atoms with Crippen LogP contribution in [0.5, 0.6) is 0 Å². The highest BCUT2D eigenvalue weighted by Gasteiger charge is 2.61. The van der Waals surface area contributed by atoms with Crippen LogP contribution in [-0.4, -0.2) is 38.7 Å². The molecule has 4 aromatic rings. The number of nitrogen functional groups attached to an aromatic ring is 1. The van der Waals surface area contributed by atoms with Crippen molar-refractivity contribution in [3.05, 3.63) is 65.1 Å². The van der Waals surface area contributed by atoms with Gasteiger partial charge in [-0.1, -0.05) is 12.1 Å². The molecule has 0 spiro atoms. The summed E-state index contributed by atoms with van der Waals surface area (Å²) in [6.07, 6.45) is -2.03. The van der Waals surface area contributed by atoms with E-state index in [4.69, 9.17) is 5.73 Å². The van der Waals surface area contributed by atoms with Crippen LogP contribution >= 0.6 is 0 Å². The molecule has 2 atom stereocenters. The number of fused-ring (bicyclic) bond motifs is 4. The lowest BCUT2D eigenvalue weighted by molar-refractivity contribution is -0.137. The Labute approximate surface area is 191 Å². The molecule has 1 saturated heterocycles. The molecule has 2 aromatic heterocycles. The molecule has 34 heavy (non-hydrogen) atoms. The second-order valence-electron chi connectivity index (χ2n) is 9.19. The Morgan fingerprint density at radius 3 is 2.62 bits per heavy atom. The Bertz CT molecular complexity index is 1490. The lowest BCUT2D eigenvalue weighted by atomic mass is 9.94. The lowest BCUT2D eigenvalue weighted by Gasteiger charge is -2.22. The molecular formula is C24H19F4N5O. The van der Waals surface area contributed by atoms with Crippen LogP contribution in [0.1, 0.15) is 27.9 Å². The molecule has 1 aliphatic heterocycles. The quantitative estimate of drug-likeness (QED) is 0.445. The highest BCUT2D eigenvalue weighted by molar-refractivity contribution is 6.10. The fourth-order valence-electron chi connectivity index (χ4n) is 5.39.